The van der Waals surface area contributed by atoms with Crippen molar-refractivity contribution in [1.82, 2.24) is 10.2 Å². The third kappa shape index (κ3) is 5.86. The number of hydrogen-bond acceptors (Lipinski definition) is 6. The largest absolute Gasteiger partial charge is 0.492 e. The monoisotopic (exact) mass is 654 g/mol. The molecule has 0 spiro atoms. The lowest BCUT2D eigenvalue weighted by atomic mass is 10.2. The standard InChI is InChI=1S/C19H13ClI2N2O4S/c1-2-27-16-13(21)7-10(8-14(16)22)9-15(18(25)26)29-19-24-23-17(28-19)11-3-5-12(20)6-4-11/h3-9H,2H2,1H3,(H,25,26)/b15-9-. The minimum atomic E-state index is -1.08. The molecule has 3 aromatic rings. The molecule has 0 amide bonds. The summed E-state index contributed by atoms with van der Waals surface area (Å²) >= 11 is 11.1. The van der Waals surface area contributed by atoms with Crippen molar-refractivity contribution in [3.05, 3.63) is 59.0 Å². The number of nitrogens with zero attached hydrogens (tertiary/aromatic N) is 2. The van der Waals surface area contributed by atoms with Gasteiger partial charge in [-0.25, -0.2) is 4.79 Å². The second-order valence-corrected chi connectivity index (χ2v) is 9.30. The van der Waals surface area contributed by atoms with Crippen LogP contribution in [-0.2, 0) is 4.79 Å². The molecule has 10 heteroatoms. The lowest BCUT2D eigenvalue weighted by Crippen LogP contribution is -1.99. The number of thioether (sulfide) groups is 1. The first kappa shape index (κ1) is 22.4. The lowest BCUT2D eigenvalue weighted by Gasteiger charge is -2.09. The normalized spacial score (nSPS) is 11.5. The minimum Gasteiger partial charge on any atom is -0.492 e. The van der Waals surface area contributed by atoms with Crippen LogP contribution in [0.25, 0.3) is 17.5 Å². The number of carboxylic acid groups (broad SMARTS) is 1. The van der Waals surface area contributed by atoms with Gasteiger partial charge in [0.2, 0.25) is 5.89 Å². The average molecular weight is 655 g/mol. The maximum absolute atomic E-state index is 11.7. The number of hydrogen-bond donors (Lipinski definition) is 1. The van der Waals surface area contributed by atoms with Crippen molar-refractivity contribution in [3.63, 3.8) is 0 Å². The Kier molecular flexibility index (Phi) is 7.82. The zero-order valence-electron chi connectivity index (χ0n) is 14.9. The molecular formula is C19H13ClI2N2O4S. The fraction of sp³-hybridized carbons (Fsp3) is 0.105. The van der Waals surface area contributed by atoms with Crippen molar-refractivity contribution in [2.24, 2.45) is 0 Å². The molecule has 0 aliphatic rings. The molecular weight excluding hydrogens is 642 g/mol. The van der Waals surface area contributed by atoms with Gasteiger partial charge in [-0.2, -0.15) is 0 Å². The Labute approximate surface area is 203 Å². The Morgan fingerprint density at radius 3 is 2.48 bits per heavy atom. The van der Waals surface area contributed by atoms with Crippen LogP contribution >= 0.6 is 68.5 Å². The number of carbonyl (C=O) groups is 1. The van der Waals surface area contributed by atoms with E-state index in [1.54, 1.807) is 30.3 Å². The van der Waals surface area contributed by atoms with Crippen molar-refractivity contribution < 1.29 is 19.1 Å². The number of rotatable bonds is 7. The van der Waals surface area contributed by atoms with E-state index in [1.807, 2.05) is 19.1 Å². The summed E-state index contributed by atoms with van der Waals surface area (Å²) in [5, 5.41) is 18.3. The number of aromatic nitrogens is 2. The van der Waals surface area contributed by atoms with Gasteiger partial charge in [-0.15, -0.1) is 10.2 Å². The Morgan fingerprint density at radius 1 is 1.24 bits per heavy atom. The summed E-state index contributed by atoms with van der Waals surface area (Å²) in [5.41, 5.74) is 1.44. The van der Waals surface area contributed by atoms with E-state index in [-0.39, 0.29) is 10.1 Å². The van der Waals surface area contributed by atoms with E-state index >= 15 is 0 Å². The van der Waals surface area contributed by atoms with Crippen molar-refractivity contribution in [1.29, 1.82) is 0 Å². The molecule has 0 fully saturated rings. The highest BCUT2D eigenvalue weighted by Crippen LogP contribution is 2.33. The predicted octanol–water partition coefficient (Wildman–Crippen LogP) is 6.22. The van der Waals surface area contributed by atoms with Crippen molar-refractivity contribution in [3.8, 4) is 17.2 Å². The maximum Gasteiger partial charge on any atom is 0.342 e. The molecule has 0 aliphatic carbocycles. The lowest BCUT2D eigenvalue weighted by molar-refractivity contribution is -0.131. The zero-order chi connectivity index (χ0) is 21.0. The first-order chi connectivity index (χ1) is 13.9. The van der Waals surface area contributed by atoms with Gasteiger partial charge in [-0.3, -0.25) is 0 Å². The predicted molar refractivity (Wildman–Crippen MR) is 129 cm³/mol. The maximum atomic E-state index is 11.7. The Morgan fingerprint density at radius 2 is 1.90 bits per heavy atom. The van der Waals surface area contributed by atoms with Crippen LogP contribution in [0.15, 0.2) is 50.9 Å². The molecule has 0 saturated carbocycles. The third-order valence-corrected chi connectivity index (χ3v) is 6.22. The summed E-state index contributed by atoms with van der Waals surface area (Å²) in [6, 6.07) is 10.7. The summed E-state index contributed by atoms with van der Waals surface area (Å²) in [4.78, 5) is 11.8. The molecule has 0 aliphatic heterocycles. The van der Waals surface area contributed by atoms with Crippen LogP contribution in [0.2, 0.25) is 5.02 Å². The number of carboxylic acids is 1. The van der Waals surface area contributed by atoms with Crippen LogP contribution in [0.1, 0.15) is 12.5 Å². The van der Waals surface area contributed by atoms with Gasteiger partial charge >= 0.3 is 5.97 Å². The van der Waals surface area contributed by atoms with Crippen molar-refractivity contribution in [2.75, 3.05) is 6.61 Å². The second kappa shape index (κ2) is 10.1. The summed E-state index contributed by atoms with van der Waals surface area (Å²) in [6.07, 6.45) is 1.57. The minimum absolute atomic E-state index is 0.0621. The summed E-state index contributed by atoms with van der Waals surface area (Å²) in [7, 11) is 0. The molecule has 1 aromatic heterocycles. The van der Waals surface area contributed by atoms with Crippen LogP contribution < -0.4 is 4.74 Å². The van der Waals surface area contributed by atoms with Gasteiger partial charge in [0.1, 0.15) is 10.7 Å². The van der Waals surface area contributed by atoms with E-state index in [2.05, 4.69) is 55.4 Å². The average Bonchev–Trinajstić information content (AvgIpc) is 3.13. The summed E-state index contributed by atoms with van der Waals surface area (Å²) in [6.45, 7) is 2.48. The molecule has 1 N–H and O–H groups in total. The molecule has 0 atom stereocenters. The van der Waals surface area contributed by atoms with Crippen LogP contribution in [-0.4, -0.2) is 27.9 Å². The Bertz CT molecular complexity index is 1050. The highest BCUT2D eigenvalue weighted by molar-refractivity contribution is 14.1. The second-order valence-electron chi connectivity index (χ2n) is 5.54. The highest BCUT2D eigenvalue weighted by atomic mass is 127. The van der Waals surface area contributed by atoms with E-state index in [0.29, 0.717) is 23.1 Å². The molecule has 0 bridgehead atoms. The van der Waals surface area contributed by atoms with Gasteiger partial charge < -0.3 is 14.3 Å². The van der Waals surface area contributed by atoms with Crippen LogP contribution in [0.5, 0.6) is 5.75 Å². The van der Waals surface area contributed by atoms with Crippen molar-refractivity contribution in [2.45, 2.75) is 12.1 Å². The van der Waals surface area contributed by atoms with Crippen LogP contribution in [0.4, 0.5) is 0 Å². The molecule has 29 heavy (non-hydrogen) atoms. The summed E-state index contributed by atoms with van der Waals surface area (Å²) in [5.74, 6) is -0.000834. The van der Waals surface area contributed by atoms with E-state index in [9.17, 15) is 9.90 Å². The van der Waals surface area contributed by atoms with E-state index in [0.717, 1.165) is 30.2 Å². The fourth-order valence-corrected chi connectivity index (χ4v) is 5.21. The molecule has 0 radical (unpaired) electrons. The van der Waals surface area contributed by atoms with E-state index in [1.165, 1.54) is 0 Å². The molecule has 6 nitrogen and oxygen atoms in total. The molecule has 2 aromatic carbocycles. The molecule has 0 saturated heterocycles. The number of halogens is 3. The summed E-state index contributed by atoms with van der Waals surface area (Å²) < 4.78 is 13.0. The fourth-order valence-electron chi connectivity index (χ4n) is 2.29. The Balaban J connectivity index is 1.86. The van der Waals surface area contributed by atoms with Gasteiger partial charge in [0.25, 0.3) is 5.22 Å². The number of benzene rings is 2. The first-order valence-corrected chi connectivity index (χ1v) is 11.6. The van der Waals surface area contributed by atoms with Crippen LogP contribution in [0.3, 0.4) is 0 Å². The van der Waals surface area contributed by atoms with E-state index < -0.39 is 5.97 Å². The quantitative estimate of drug-likeness (QED) is 0.184. The zero-order valence-corrected chi connectivity index (χ0v) is 20.7. The van der Waals surface area contributed by atoms with E-state index in [4.69, 9.17) is 20.8 Å². The van der Waals surface area contributed by atoms with Crippen LogP contribution in [0, 0.1) is 7.14 Å². The van der Waals surface area contributed by atoms with Crippen molar-refractivity contribution >= 4 is 80.6 Å². The van der Waals surface area contributed by atoms with Gasteiger partial charge in [0.15, 0.2) is 0 Å². The van der Waals surface area contributed by atoms with Gasteiger partial charge in [-0.1, -0.05) is 11.6 Å². The van der Waals surface area contributed by atoms with Gasteiger partial charge in [0, 0.05) is 10.6 Å². The number of aliphatic carboxylic acids is 1. The molecule has 3 rings (SSSR count). The SMILES string of the molecule is CCOc1c(I)cc(/C=C(\Sc2nnc(-c3ccc(Cl)cc3)o2)C(=O)O)cc1I. The van der Waals surface area contributed by atoms with Gasteiger partial charge in [0.05, 0.1) is 13.7 Å². The molecule has 150 valence electrons. The smallest absolute Gasteiger partial charge is 0.342 e. The molecule has 0 unspecified atom stereocenters. The topological polar surface area (TPSA) is 85.5 Å². The third-order valence-electron chi connectivity index (χ3n) is 3.51. The first-order valence-electron chi connectivity index (χ1n) is 8.21. The Hall–Kier alpha value is -1.31. The molecule has 1 heterocycles. The highest BCUT2D eigenvalue weighted by Gasteiger charge is 2.17. The van der Waals surface area contributed by atoms with Gasteiger partial charge in [-0.05, 0) is 112 Å². The number of ether oxygens (including phenoxy) is 1.